The summed E-state index contributed by atoms with van der Waals surface area (Å²) in [5, 5.41) is 7.91. The van der Waals surface area contributed by atoms with Crippen molar-refractivity contribution in [2.24, 2.45) is 4.99 Å². The summed E-state index contributed by atoms with van der Waals surface area (Å²) in [6.07, 6.45) is 3.99. The van der Waals surface area contributed by atoms with Gasteiger partial charge in [0.05, 0.1) is 12.1 Å². The third-order valence-corrected chi connectivity index (χ3v) is 4.97. The van der Waals surface area contributed by atoms with E-state index in [1.807, 2.05) is 42.2 Å². The van der Waals surface area contributed by atoms with Gasteiger partial charge in [-0.3, -0.25) is 4.98 Å². The molecule has 0 amide bonds. The number of thioether (sulfide) groups is 1. The Balaban J connectivity index is 2.13. The molecular formula is C18H26N4S. The van der Waals surface area contributed by atoms with Gasteiger partial charge in [-0.25, -0.2) is 4.99 Å². The molecule has 0 unspecified atom stereocenters. The minimum absolute atomic E-state index is 0.180. The number of hydrogen-bond donors (Lipinski definition) is 2. The van der Waals surface area contributed by atoms with Gasteiger partial charge in [0, 0.05) is 29.4 Å². The molecule has 2 aromatic rings. The molecule has 124 valence electrons. The summed E-state index contributed by atoms with van der Waals surface area (Å²) in [6.45, 7) is 8.89. The van der Waals surface area contributed by atoms with Gasteiger partial charge < -0.3 is 10.6 Å². The molecule has 0 aliphatic carbocycles. The van der Waals surface area contributed by atoms with Gasteiger partial charge in [0.1, 0.15) is 0 Å². The lowest BCUT2D eigenvalue weighted by atomic mass is 10.1. The van der Waals surface area contributed by atoms with Crippen LogP contribution in [0.5, 0.6) is 0 Å². The van der Waals surface area contributed by atoms with Crippen molar-refractivity contribution in [3.05, 3.63) is 42.1 Å². The first kappa shape index (κ1) is 17.6. The van der Waals surface area contributed by atoms with Crippen LogP contribution in [0.25, 0.3) is 10.9 Å². The highest BCUT2D eigenvalue weighted by molar-refractivity contribution is 7.99. The first-order valence-electron chi connectivity index (χ1n) is 7.95. The highest BCUT2D eigenvalue weighted by atomic mass is 32.2. The number of fused-ring (bicyclic) bond motifs is 1. The molecule has 5 heteroatoms. The minimum Gasteiger partial charge on any atom is -0.357 e. The maximum atomic E-state index is 4.73. The average Bonchev–Trinajstić information content (AvgIpc) is 2.57. The van der Waals surface area contributed by atoms with Gasteiger partial charge in [0.15, 0.2) is 5.96 Å². The molecule has 2 rings (SSSR count). The van der Waals surface area contributed by atoms with E-state index in [-0.39, 0.29) is 4.75 Å². The molecule has 0 atom stereocenters. The van der Waals surface area contributed by atoms with E-state index < -0.39 is 0 Å². The average molecular weight is 331 g/mol. The SMILES string of the molecule is CCNC(=NCc1ccnc2ccccc12)NCC(C)(C)SC. The van der Waals surface area contributed by atoms with E-state index in [4.69, 9.17) is 4.99 Å². The molecule has 0 aliphatic heterocycles. The third-order valence-electron chi connectivity index (χ3n) is 3.73. The second-order valence-electron chi connectivity index (χ2n) is 6.00. The van der Waals surface area contributed by atoms with Crippen LogP contribution in [0.1, 0.15) is 26.3 Å². The molecular weight excluding hydrogens is 304 g/mol. The Labute approximate surface area is 143 Å². The minimum atomic E-state index is 0.180. The summed E-state index contributed by atoms with van der Waals surface area (Å²) < 4.78 is 0.180. The van der Waals surface area contributed by atoms with E-state index in [1.165, 1.54) is 10.9 Å². The van der Waals surface area contributed by atoms with E-state index in [0.29, 0.717) is 6.54 Å². The summed E-state index contributed by atoms with van der Waals surface area (Å²) in [4.78, 5) is 9.13. The van der Waals surface area contributed by atoms with Crippen LogP contribution in [0, 0.1) is 0 Å². The number of hydrogen-bond acceptors (Lipinski definition) is 3. The van der Waals surface area contributed by atoms with Crippen LogP contribution < -0.4 is 10.6 Å². The van der Waals surface area contributed by atoms with Crippen LogP contribution in [-0.2, 0) is 6.54 Å². The van der Waals surface area contributed by atoms with E-state index in [9.17, 15) is 0 Å². The molecule has 0 saturated heterocycles. The second kappa shape index (κ2) is 8.20. The number of nitrogens with zero attached hydrogens (tertiary/aromatic N) is 2. The Morgan fingerprint density at radius 3 is 2.74 bits per heavy atom. The summed E-state index contributed by atoms with van der Waals surface area (Å²) in [6, 6.07) is 10.2. The number of aromatic nitrogens is 1. The number of aliphatic imine (C=N–C) groups is 1. The molecule has 0 spiro atoms. The van der Waals surface area contributed by atoms with Crippen molar-refractivity contribution < 1.29 is 0 Å². The number of nitrogens with one attached hydrogen (secondary N) is 2. The number of guanidine groups is 1. The first-order chi connectivity index (χ1) is 11.1. The molecule has 4 nitrogen and oxygen atoms in total. The molecule has 0 saturated carbocycles. The molecule has 0 radical (unpaired) electrons. The van der Waals surface area contributed by atoms with Crippen molar-refractivity contribution in [3.63, 3.8) is 0 Å². The Morgan fingerprint density at radius 2 is 2.00 bits per heavy atom. The fraction of sp³-hybridized carbons (Fsp3) is 0.444. The number of benzene rings is 1. The predicted molar refractivity (Wildman–Crippen MR) is 102 cm³/mol. The molecule has 1 aromatic heterocycles. The smallest absolute Gasteiger partial charge is 0.191 e. The Morgan fingerprint density at radius 1 is 1.22 bits per heavy atom. The van der Waals surface area contributed by atoms with E-state index in [0.717, 1.165) is 24.6 Å². The van der Waals surface area contributed by atoms with Crippen LogP contribution in [0.2, 0.25) is 0 Å². The van der Waals surface area contributed by atoms with Crippen molar-refractivity contribution in [2.75, 3.05) is 19.3 Å². The maximum absolute atomic E-state index is 4.73. The quantitative estimate of drug-likeness (QED) is 0.629. The fourth-order valence-electron chi connectivity index (χ4n) is 2.17. The van der Waals surface area contributed by atoms with Gasteiger partial charge in [-0.15, -0.1) is 0 Å². The molecule has 2 N–H and O–H groups in total. The Hall–Kier alpha value is -1.75. The van der Waals surface area contributed by atoms with Gasteiger partial charge in [-0.2, -0.15) is 11.8 Å². The topological polar surface area (TPSA) is 49.3 Å². The van der Waals surface area contributed by atoms with Crippen LogP contribution in [0.15, 0.2) is 41.5 Å². The fourth-order valence-corrected chi connectivity index (χ4v) is 2.38. The standard InChI is InChI=1S/C18H26N4S/c1-5-19-17(22-13-18(2,3)23-4)21-12-14-10-11-20-16-9-7-6-8-15(14)16/h6-11H,5,12-13H2,1-4H3,(H2,19,21,22). The molecule has 1 heterocycles. The normalized spacial score (nSPS) is 12.4. The summed E-state index contributed by atoms with van der Waals surface area (Å²) in [7, 11) is 0. The number of para-hydroxylation sites is 1. The van der Waals surface area contributed by atoms with Crippen molar-refractivity contribution in [1.29, 1.82) is 0 Å². The first-order valence-corrected chi connectivity index (χ1v) is 9.18. The van der Waals surface area contributed by atoms with Crippen LogP contribution in [0.4, 0.5) is 0 Å². The zero-order valence-corrected chi connectivity index (χ0v) is 15.2. The van der Waals surface area contributed by atoms with Gasteiger partial charge in [0.25, 0.3) is 0 Å². The zero-order chi connectivity index (χ0) is 16.7. The highest BCUT2D eigenvalue weighted by Gasteiger charge is 2.16. The lowest BCUT2D eigenvalue weighted by molar-refractivity contribution is 0.665. The van der Waals surface area contributed by atoms with Crippen molar-refractivity contribution in [1.82, 2.24) is 15.6 Å². The van der Waals surface area contributed by atoms with Gasteiger partial charge in [-0.05, 0) is 44.7 Å². The van der Waals surface area contributed by atoms with Crippen molar-refractivity contribution in [3.8, 4) is 0 Å². The van der Waals surface area contributed by atoms with Gasteiger partial charge in [-0.1, -0.05) is 18.2 Å². The lowest BCUT2D eigenvalue weighted by Crippen LogP contribution is -2.43. The molecule has 1 aromatic carbocycles. The third kappa shape index (κ3) is 5.13. The monoisotopic (exact) mass is 330 g/mol. The molecule has 23 heavy (non-hydrogen) atoms. The largest absolute Gasteiger partial charge is 0.357 e. The summed E-state index contributed by atoms with van der Waals surface area (Å²) >= 11 is 1.85. The molecule has 0 bridgehead atoms. The number of pyridine rings is 1. The van der Waals surface area contributed by atoms with E-state index >= 15 is 0 Å². The highest BCUT2D eigenvalue weighted by Crippen LogP contribution is 2.19. The van der Waals surface area contributed by atoms with E-state index in [1.54, 1.807) is 0 Å². The van der Waals surface area contributed by atoms with Crippen LogP contribution in [0.3, 0.4) is 0 Å². The summed E-state index contributed by atoms with van der Waals surface area (Å²) in [5.74, 6) is 0.857. The Kier molecular flexibility index (Phi) is 6.28. The number of rotatable bonds is 6. The van der Waals surface area contributed by atoms with Crippen molar-refractivity contribution >= 4 is 28.6 Å². The molecule has 0 fully saturated rings. The summed E-state index contributed by atoms with van der Waals surface area (Å²) in [5.41, 5.74) is 2.21. The van der Waals surface area contributed by atoms with Gasteiger partial charge >= 0.3 is 0 Å². The second-order valence-corrected chi connectivity index (χ2v) is 7.51. The van der Waals surface area contributed by atoms with Gasteiger partial charge in [0.2, 0.25) is 0 Å². The van der Waals surface area contributed by atoms with Crippen molar-refractivity contribution in [2.45, 2.75) is 32.1 Å². The maximum Gasteiger partial charge on any atom is 0.191 e. The predicted octanol–water partition coefficient (Wildman–Crippen LogP) is 3.43. The van der Waals surface area contributed by atoms with Crippen LogP contribution in [-0.4, -0.2) is 35.0 Å². The Bertz CT molecular complexity index is 662. The lowest BCUT2D eigenvalue weighted by Gasteiger charge is -2.23. The van der Waals surface area contributed by atoms with E-state index in [2.05, 4.69) is 48.7 Å². The van der Waals surface area contributed by atoms with Crippen LogP contribution >= 0.6 is 11.8 Å². The molecule has 0 aliphatic rings. The zero-order valence-electron chi connectivity index (χ0n) is 14.4.